The predicted molar refractivity (Wildman–Crippen MR) is 103 cm³/mol. The Morgan fingerprint density at radius 1 is 1.30 bits per heavy atom. The van der Waals surface area contributed by atoms with Crippen molar-refractivity contribution in [1.29, 1.82) is 0 Å². The lowest BCUT2D eigenvalue weighted by molar-refractivity contribution is -0.127. The monoisotopic (exact) mass is 436 g/mol. The van der Waals surface area contributed by atoms with Gasteiger partial charge in [0.05, 0.1) is 0 Å². The highest BCUT2D eigenvalue weighted by atomic mass is 127. The molecule has 130 valence electrons. The fourth-order valence-electron chi connectivity index (χ4n) is 1.89. The summed E-state index contributed by atoms with van der Waals surface area (Å²) < 4.78 is 13.1. The maximum Gasteiger partial charge on any atom is 0.243 e. The lowest BCUT2D eigenvalue weighted by atomic mass is 10.1. The first-order chi connectivity index (χ1) is 10.4. The molecule has 0 aliphatic carbocycles. The molecular weight excluding hydrogens is 410 g/mol. The predicted octanol–water partition coefficient (Wildman–Crippen LogP) is 1.94. The van der Waals surface area contributed by atoms with Crippen LogP contribution >= 0.6 is 24.0 Å². The number of aliphatic imine (C=N–C) groups is 1. The van der Waals surface area contributed by atoms with Crippen molar-refractivity contribution in [1.82, 2.24) is 15.5 Å². The van der Waals surface area contributed by atoms with Crippen LogP contribution in [0.15, 0.2) is 23.2 Å². The molecule has 1 amide bonds. The van der Waals surface area contributed by atoms with Gasteiger partial charge in [-0.2, -0.15) is 0 Å². The number of rotatable bonds is 6. The molecule has 0 unspecified atom stereocenters. The molecule has 0 aliphatic rings. The average molecular weight is 436 g/mol. The zero-order valence-electron chi connectivity index (χ0n) is 14.1. The molecule has 0 radical (unpaired) electrons. The van der Waals surface area contributed by atoms with Crippen molar-refractivity contribution in [2.45, 2.75) is 20.3 Å². The van der Waals surface area contributed by atoms with E-state index in [2.05, 4.69) is 15.6 Å². The smallest absolute Gasteiger partial charge is 0.243 e. The number of benzene rings is 1. The van der Waals surface area contributed by atoms with E-state index in [1.807, 2.05) is 13.8 Å². The number of nitrogens with zero attached hydrogens (tertiary/aromatic N) is 2. The Morgan fingerprint density at radius 3 is 2.57 bits per heavy atom. The normalized spacial score (nSPS) is 10.7. The Balaban J connectivity index is 0.00000484. The second-order valence-electron chi connectivity index (χ2n) is 5.23. The first kappa shape index (κ1) is 21.6. The van der Waals surface area contributed by atoms with E-state index in [1.54, 1.807) is 20.2 Å². The fourth-order valence-corrected chi connectivity index (χ4v) is 1.89. The third kappa shape index (κ3) is 8.15. The van der Waals surface area contributed by atoms with E-state index in [1.165, 1.54) is 17.0 Å². The molecule has 0 aliphatic heterocycles. The summed E-state index contributed by atoms with van der Waals surface area (Å²) in [4.78, 5) is 17.3. The summed E-state index contributed by atoms with van der Waals surface area (Å²) in [5.74, 6) is 0.343. The second-order valence-corrected chi connectivity index (χ2v) is 5.23. The van der Waals surface area contributed by atoms with Gasteiger partial charge >= 0.3 is 0 Å². The number of amides is 1. The molecule has 0 spiro atoms. The number of hydrogen-bond acceptors (Lipinski definition) is 2. The zero-order chi connectivity index (χ0) is 16.5. The van der Waals surface area contributed by atoms with Crippen molar-refractivity contribution < 1.29 is 9.18 Å². The van der Waals surface area contributed by atoms with Gasteiger partial charge in [0.15, 0.2) is 5.96 Å². The summed E-state index contributed by atoms with van der Waals surface area (Å²) >= 11 is 0. The van der Waals surface area contributed by atoms with Crippen LogP contribution in [0, 0.1) is 12.7 Å². The minimum Gasteiger partial charge on any atom is -0.357 e. The number of nitrogens with one attached hydrogen (secondary N) is 2. The summed E-state index contributed by atoms with van der Waals surface area (Å²) in [6.07, 6.45) is 0.762. The molecule has 1 rings (SSSR count). The number of likely N-dealkylation sites (N-methyl/N-ethyl adjacent to an activating group) is 1. The highest BCUT2D eigenvalue weighted by Gasteiger charge is 2.04. The molecule has 0 bridgehead atoms. The first-order valence-electron chi connectivity index (χ1n) is 7.41. The standard InChI is InChI=1S/C16H25FN4O.HI/c1-5-18-16(20-11-15(22)21(3)4)19-9-8-13-6-7-14(17)10-12(13)2;/h6-7,10H,5,8-9,11H2,1-4H3,(H2,18,19,20);1H. The minimum atomic E-state index is -0.216. The SMILES string of the molecule is CCNC(=NCC(=O)N(C)C)NCCc1ccc(F)cc1C.I. The first-order valence-corrected chi connectivity index (χ1v) is 7.41. The molecule has 0 fully saturated rings. The van der Waals surface area contributed by atoms with Gasteiger partial charge in [-0.25, -0.2) is 9.38 Å². The summed E-state index contributed by atoms with van der Waals surface area (Å²) in [5.41, 5.74) is 2.03. The summed E-state index contributed by atoms with van der Waals surface area (Å²) in [6.45, 7) is 5.35. The number of aryl methyl sites for hydroxylation is 1. The fraction of sp³-hybridized carbons (Fsp3) is 0.500. The van der Waals surface area contributed by atoms with Gasteiger partial charge in [-0.3, -0.25) is 4.79 Å². The van der Waals surface area contributed by atoms with E-state index in [4.69, 9.17) is 0 Å². The van der Waals surface area contributed by atoms with Crippen molar-refractivity contribution in [2.75, 3.05) is 33.7 Å². The number of hydrogen-bond donors (Lipinski definition) is 2. The highest BCUT2D eigenvalue weighted by molar-refractivity contribution is 14.0. The van der Waals surface area contributed by atoms with E-state index < -0.39 is 0 Å². The maximum absolute atomic E-state index is 13.1. The topological polar surface area (TPSA) is 56.7 Å². The van der Waals surface area contributed by atoms with Gasteiger partial charge in [0.1, 0.15) is 12.4 Å². The van der Waals surface area contributed by atoms with Crippen LogP contribution in [-0.4, -0.2) is 50.5 Å². The van der Waals surface area contributed by atoms with Gasteiger partial charge in [0.2, 0.25) is 5.91 Å². The van der Waals surface area contributed by atoms with E-state index in [9.17, 15) is 9.18 Å². The number of halogens is 2. The van der Waals surface area contributed by atoms with Gasteiger partial charge in [0, 0.05) is 27.2 Å². The van der Waals surface area contributed by atoms with E-state index in [-0.39, 0.29) is 42.2 Å². The average Bonchev–Trinajstić information content (AvgIpc) is 2.46. The van der Waals surface area contributed by atoms with Crippen molar-refractivity contribution in [2.24, 2.45) is 4.99 Å². The van der Waals surface area contributed by atoms with Crippen LogP contribution in [0.1, 0.15) is 18.1 Å². The lowest BCUT2D eigenvalue weighted by Gasteiger charge is -2.13. The van der Waals surface area contributed by atoms with Crippen LogP contribution < -0.4 is 10.6 Å². The van der Waals surface area contributed by atoms with Crippen LogP contribution in [0.5, 0.6) is 0 Å². The largest absolute Gasteiger partial charge is 0.357 e. The van der Waals surface area contributed by atoms with Crippen LogP contribution in [-0.2, 0) is 11.2 Å². The van der Waals surface area contributed by atoms with Gasteiger partial charge in [0.25, 0.3) is 0 Å². The van der Waals surface area contributed by atoms with Crippen LogP contribution in [0.25, 0.3) is 0 Å². The number of guanidine groups is 1. The maximum atomic E-state index is 13.1. The molecule has 5 nitrogen and oxygen atoms in total. The Bertz CT molecular complexity index is 535. The Hall–Kier alpha value is -1.38. The third-order valence-corrected chi connectivity index (χ3v) is 3.21. The Morgan fingerprint density at radius 2 is 2.00 bits per heavy atom. The van der Waals surface area contributed by atoms with Crippen molar-refractivity contribution in [3.8, 4) is 0 Å². The molecule has 1 aromatic rings. The van der Waals surface area contributed by atoms with Crippen molar-refractivity contribution in [3.05, 3.63) is 35.1 Å². The van der Waals surface area contributed by atoms with Gasteiger partial charge in [-0.05, 0) is 43.5 Å². The second kappa shape index (κ2) is 11.2. The molecule has 0 saturated carbocycles. The molecule has 0 saturated heterocycles. The number of carbonyl (C=O) groups is 1. The van der Waals surface area contributed by atoms with Gasteiger partial charge in [-0.15, -0.1) is 24.0 Å². The lowest BCUT2D eigenvalue weighted by Crippen LogP contribution is -2.39. The van der Waals surface area contributed by atoms with Crippen molar-refractivity contribution >= 4 is 35.8 Å². The van der Waals surface area contributed by atoms with Crippen molar-refractivity contribution in [3.63, 3.8) is 0 Å². The molecule has 2 N–H and O–H groups in total. The van der Waals surface area contributed by atoms with Crippen LogP contribution in [0.2, 0.25) is 0 Å². The zero-order valence-corrected chi connectivity index (χ0v) is 16.5. The molecule has 1 aromatic carbocycles. The van der Waals surface area contributed by atoms with E-state index >= 15 is 0 Å². The molecule has 7 heteroatoms. The summed E-state index contributed by atoms with van der Waals surface area (Å²) in [6, 6.07) is 4.80. The summed E-state index contributed by atoms with van der Waals surface area (Å²) in [5, 5.41) is 6.27. The summed E-state index contributed by atoms with van der Waals surface area (Å²) in [7, 11) is 3.41. The van der Waals surface area contributed by atoms with Crippen LogP contribution in [0.4, 0.5) is 4.39 Å². The van der Waals surface area contributed by atoms with E-state index in [0.29, 0.717) is 12.5 Å². The van der Waals surface area contributed by atoms with Gasteiger partial charge < -0.3 is 15.5 Å². The highest BCUT2D eigenvalue weighted by Crippen LogP contribution is 2.10. The molecule has 0 atom stereocenters. The van der Waals surface area contributed by atoms with Crippen LogP contribution in [0.3, 0.4) is 0 Å². The van der Waals surface area contributed by atoms with Gasteiger partial charge in [-0.1, -0.05) is 6.07 Å². The number of carbonyl (C=O) groups excluding carboxylic acids is 1. The molecular formula is C16H26FIN4O. The third-order valence-electron chi connectivity index (χ3n) is 3.21. The Labute approximate surface area is 154 Å². The minimum absolute atomic E-state index is 0. The molecule has 0 aromatic heterocycles. The van der Waals surface area contributed by atoms with E-state index in [0.717, 1.165) is 24.1 Å². The molecule has 0 heterocycles. The molecule has 23 heavy (non-hydrogen) atoms. The Kier molecular flexibility index (Phi) is 10.5. The quantitative estimate of drug-likeness (QED) is 0.407.